The van der Waals surface area contributed by atoms with Crippen LogP contribution >= 0.6 is 0 Å². The monoisotopic (exact) mass is 194 g/mol. The van der Waals surface area contributed by atoms with Gasteiger partial charge >= 0.3 is 0 Å². The van der Waals surface area contributed by atoms with Crippen molar-refractivity contribution in [2.75, 3.05) is 6.54 Å². The maximum Gasteiger partial charge on any atom is 0.253 e. The van der Waals surface area contributed by atoms with E-state index in [0.29, 0.717) is 6.04 Å². The summed E-state index contributed by atoms with van der Waals surface area (Å²) in [6.07, 6.45) is 1.84. The molecule has 0 bridgehead atoms. The number of hydrogen-bond donors (Lipinski definition) is 1. The Hall–Kier alpha value is -1.09. The third-order valence-electron chi connectivity index (χ3n) is 2.23. The van der Waals surface area contributed by atoms with E-state index in [1.807, 2.05) is 25.3 Å². The van der Waals surface area contributed by atoms with Gasteiger partial charge in [0.1, 0.15) is 0 Å². The number of nitrogens with one attached hydrogen (secondary N) is 1. The van der Waals surface area contributed by atoms with Crippen LogP contribution in [0.25, 0.3) is 0 Å². The standard InChI is InChI=1S/C11H18N2O/c1-4-12-10(3)8-13-7-5-6-9(2)11(13)14/h5-7,10,12H,4,8H2,1-3H3. The second kappa shape index (κ2) is 4.96. The maximum atomic E-state index is 11.6. The van der Waals surface area contributed by atoms with Crippen LogP contribution < -0.4 is 10.9 Å². The molecule has 1 N–H and O–H groups in total. The zero-order chi connectivity index (χ0) is 10.6. The maximum absolute atomic E-state index is 11.6. The van der Waals surface area contributed by atoms with E-state index in [1.54, 1.807) is 4.57 Å². The molecule has 0 fully saturated rings. The molecule has 3 nitrogen and oxygen atoms in total. The first-order valence-corrected chi connectivity index (χ1v) is 5.04. The molecule has 1 aromatic heterocycles. The van der Waals surface area contributed by atoms with Crippen molar-refractivity contribution in [2.45, 2.75) is 33.4 Å². The molecule has 0 amide bonds. The van der Waals surface area contributed by atoms with Crippen molar-refractivity contribution in [3.63, 3.8) is 0 Å². The number of hydrogen-bond acceptors (Lipinski definition) is 2. The van der Waals surface area contributed by atoms with E-state index in [9.17, 15) is 4.79 Å². The summed E-state index contributed by atoms with van der Waals surface area (Å²) in [7, 11) is 0. The van der Waals surface area contributed by atoms with Gasteiger partial charge in [-0.15, -0.1) is 0 Å². The fraction of sp³-hybridized carbons (Fsp3) is 0.545. The Morgan fingerprint density at radius 1 is 1.57 bits per heavy atom. The Balaban J connectivity index is 2.77. The van der Waals surface area contributed by atoms with Gasteiger partial charge in [-0.2, -0.15) is 0 Å². The molecule has 0 aliphatic carbocycles. The molecule has 0 radical (unpaired) electrons. The molecule has 78 valence electrons. The van der Waals surface area contributed by atoms with Gasteiger partial charge in [0.15, 0.2) is 0 Å². The smallest absolute Gasteiger partial charge is 0.253 e. The Morgan fingerprint density at radius 2 is 2.29 bits per heavy atom. The van der Waals surface area contributed by atoms with Crippen LogP contribution in [-0.4, -0.2) is 17.2 Å². The third kappa shape index (κ3) is 2.70. The first-order chi connectivity index (χ1) is 6.65. The molecule has 0 aliphatic heterocycles. The second-order valence-corrected chi connectivity index (χ2v) is 3.61. The van der Waals surface area contributed by atoms with Crippen molar-refractivity contribution in [1.82, 2.24) is 9.88 Å². The van der Waals surface area contributed by atoms with E-state index >= 15 is 0 Å². The van der Waals surface area contributed by atoms with Crippen LogP contribution in [-0.2, 0) is 6.54 Å². The van der Waals surface area contributed by atoms with E-state index in [4.69, 9.17) is 0 Å². The molecule has 1 atom stereocenters. The summed E-state index contributed by atoms with van der Waals surface area (Å²) in [5, 5.41) is 3.28. The lowest BCUT2D eigenvalue weighted by atomic mass is 10.3. The van der Waals surface area contributed by atoms with Gasteiger partial charge in [0.05, 0.1) is 0 Å². The van der Waals surface area contributed by atoms with Crippen molar-refractivity contribution in [2.24, 2.45) is 0 Å². The SMILES string of the molecule is CCNC(C)Cn1cccc(C)c1=O. The van der Waals surface area contributed by atoms with Gasteiger partial charge in [0.25, 0.3) is 5.56 Å². The highest BCUT2D eigenvalue weighted by atomic mass is 16.1. The molecule has 0 saturated heterocycles. The predicted molar refractivity (Wildman–Crippen MR) is 58.6 cm³/mol. The number of aromatic nitrogens is 1. The van der Waals surface area contributed by atoms with Crippen LogP contribution in [0, 0.1) is 6.92 Å². The predicted octanol–water partition coefficient (Wildman–Crippen LogP) is 1.15. The van der Waals surface area contributed by atoms with Gasteiger partial charge in [0, 0.05) is 24.3 Å². The molecule has 0 aromatic carbocycles. The molecule has 0 spiro atoms. The van der Waals surface area contributed by atoms with Crippen molar-refractivity contribution < 1.29 is 0 Å². The highest BCUT2D eigenvalue weighted by Crippen LogP contribution is 1.92. The molecule has 14 heavy (non-hydrogen) atoms. The summed E-state index contributed by atoms with van der Waals surface area (Å²) in [4.78, 5) is 11.6. The van der Waals surface area contributed by atoms with E-state index in [2.05, 4.69) is 19.2 Å². The van der Waals surface area contributed by atoms with E-state index < -0.39 is 0 Å². The van der Waals surface area contributed by atoms with Gasteiger partial charge in [-0.3, -0.25) is 4.79 Å². The Bertz CT molecular complexity index is 343. The lowest BCUT2D eigenvalue weighted by Crippen LogP contribution is -2.34. The highest BCUT2D eigenvalue weighted by Gasteiger charge is 2.03. The van der Waals surface area contributed by atoms with Crippen molar-refractivity contribution in [3.05, 3.63) is 34.2 Å². The highest BCUT2D eigenvalue weighted by molar-refractivity contribution is 5.07. The fourth-order valence-corrected chi connectivity index (χ4v) is 1.51. The van der Waals surface area contributed by atoms with Gasteiger partial charge in [-0.05, 0) is 26.5 Å². The number of pyridine rings is 1. The number of nitrogens with zero attached hydrogens (tertiary/aromatic N) is 1. The minimum atomic E-state index is 0.109. The zero-order valence-corrected chi connectivity index (χ0v) is 9.08. The minimum Gasteiger partial charge on any atom is -0.314 e. The Morgan fingerprint density at radius 3 is 2.93 bits per heavy atom. The van der Waals surface area contributed by atoms with Crippen molar-refractivity contribution in [3.8, 4) is 0 Å². The van der Waals surface area contributed by atoms with Gasteiger partial charge < -0.3 is 9.88 Å². The summed E-state index contributed by atoms with van der Waals surface area (Å²) in [5.41, 5.74) is 0.911. The summed E-state index contributed by atoms with van der Waals surface area (Å²) in [5.74, 6) is 0. The minimum absolute atomic E-state index is 0.109. The van der Waals surface area contributed by atoms with Gasteiger partial charge in [0.2, 0.25) is 0 Å². The van der Waals surface area contributed by atoms with Crippen LogP contribution in [0.3, 0.4) is 0 Å². The number of aryl methyl sites for hydroxylation is 1. The zero-order valence-electron chi connectivity index (χ0n) is 9.08. The third-order valence-corrected chi connectivity index (χ3v) is 2.23. The van der Waals surface area contributed by atoms with Crippen LogP contribution in [0.4, 0.5) is 0 Å². The largest absolute Gasteiger partial charge is 0.314 e. The molecule has 3 heteroatoms. The summed E-state index contributed by atoms with van der Waals surface area (Å²) < 4.78 is 1.75. The molecular weight excluding hydrogens is 176 g/mol. The van der Waals surface area contributed by atoms with E-state index in [0.717, 1.165) is 18.7 Å². The average Bonchev–Trinajstić information content (AvgIpc) is 2.13. The van der Waals surface area contributed by atoms with Crippen LogP contribution in [0.5, 0.6) is 0 Å². The van der Waals surface area contributed by atoms with Gasteiger partial charge in [-0.25, -0.2) is 0 Å². The topological polar surface area (TPSA) is 34.0 Å². The first kappa shape index (κ1) is 11.0. The molecule has 1 rings (SSSR count). The lowest BCUT2D eigenvalue weighted by Gasteiger charge is -2.14. The number of rotatable bonds is 4. The molecular formula is C11H18N2O. The van der Waals surface area contributed by atoms with Crippen LogP contribution in [0.15, 0.2) is 23.1 Å². The normalized spacial score (nSPS) is 12.8. The first-order valence-electron chi connectivity index (χ1n) is 5.04. The van der Waals surface area contributed by atoms with Crippen LogP contribution in [0.1, 0.15) is 19.4 Å². The number of likely N-dealkylation sites (N-methyl/N-ethyl adjacent to an activating group) is 1. The average molecular weight is 194 g/mol. The molecule has 1 heterocycles. The van der Waals surface area contributed by atoms with E-state index in [1.165, 1.54) is 0 Å². The molecule has 0 aliphatic rings. The summed E-state index contributed by atoms with van der Waals surface area (Å²) in [6, 6.07) is 4.09. The lowest BCUT2D eigenvalue weighted by molar-refractivity contribution is 0.480. The fourth-order valence-electron chi connectivity index (χ4n) is 1.51. The second-order valence-electron chi connectivity index (χ2n) is 3.61. The summed E-state index contributed by atoms with van der Waals surface area (Å²) in [6.45, 7) is 7.65. The Labute approximate surface area is 84.8 Å². The van der Waals surface area contributed by atoms with Crippen molar-refractivity contribution in [1.29, 1.82) is 0 Å². The molecule has 1 aromatic rings. The van der Waals surface area contributed by atoms with Crippen molar-refractivity contribution >= 4 is 0 Å². The molecule has 1 unspecified atom stereocenters. The summed E-state index contributed by atoms with van der Waals surface area (Å²) >= 11 is 0. The van der Waals surface area contributed by atoms with Gasteiger partial charge in [-0.1, -0.05) is 13.0 Å². The quantitative estimate of drug-likeness (QED) is 0.780. The Kier molecular flexibility index (Phi) is 3.89. The van der Waals surface area contributed by atoms with Crippen LogP contribution in [0.2, 0.25) is 0 Å². The van der Waals surface area contributed by atoms with E-state index in [-0.39, 0.29) is 5.56 Å². The molecule has 0 saturated carbocycles.